The van der Waals surface area contributed by atoms with Crippen LogP contribution >= 0.6 is 11.3 Å². The first-order valence-electron chi connectivity index (χ1n) is 8.11. The third-order valence-corrected chi connectivity index (χ3v) is 5.43. The predicted octanol–water partition coefficient (Wildman–Crippen LogP) is 3.41. The van der Waals surface area contributed by atoms with Crippen LogP contribution in [0.3, 0.4) is 0 Å². The van der Waals surface area contributed by atoms with Gasteiger partial charge in [-0.05, 0) is 50.1 Å². The molecule has 1 aliphatic carbocycles. The van der Waals surface area contributed by atoms with E-state index >= 15 is 0 Å². The number of nitrogens with zero attached hydrogens (tertiary/aromatic N) is 2. The van der Waals surface area contributed by atoms with Crippen LogP contribution in [0.1, 0.15) is 25.0 Å². The molecule has 0 amide bonds. The lowest BCUT2D eigenvalue weighted by atomic mass is 10.1. The Morgan fingerprint density at radius 1 is 1.30 bits per heavy atom. The van der Waals surface area contributed by atoms with Gasteiger partial charge in [0.1, 0.15) is 10.8 Å². The van der Waals surface area contributed by atoms with Crippen LogP contribution in [0.15, 0.2) is 29.6 Å². The second kappa shape index (κ2) is 7.43. The van der Waals surface area contributed by atoms with E-state index in [0.29, 0.717) is 5.92 Å². The number of aliphatic hydroxyl groups excluding tert-OH is 1. The topological polar surface area (TPSA) is 45.6 Å². The Hall–Kier alpha value is -1.43. The molecule has 2 atom stereocenters. The fourth-order valence-electron chi connectivity index (χ4n) is 3.22. The van der Waals surface area contributed by atoms with Crippen molar-refractivity contribution in [3.8, 4) is 16.3 Å². The van der Waals surface area contributed by atoms with Crippen molar-refractivity contribution in [1.29, 1.82) is 0 Å². The SMILES string of the molecule is COc1ccc(-c2nc(CN(C)CC3CCCC3O)cs2)cc1. The summed E-state index contributed by atoms with van der Waals surface area (Å²) in [5.41, 5.74) is 2.21. The summed E-state index contributed by atoms with van der Waals surface area (Å²) in [6, 6.07) is 8.01. The van der Waals surface area contributed by atoms with Crippen molar-refractivity contribution in [1.82, 2.24) is 9.88 Å². The number of aliphatic hydroxyl groups is 1. The Balaban J connectivity index is 1.60. The average molecular weight is 332 g/mol. The number of ether oxygens (including phenoxy) is 1. The second-order valence-corrected chi connectivity index (χ2v) is 7.19. The summed E-state index contributed by atoms with van der Waals surface area (Å²) in [6.45, 7) is 1.77. The monoisotopic (exact) mass is 332 g/mol. The molecule has 0 aliphatic heterocycles. The fraction of sp³-hybridized carbons (Fsp3) is 0.500. The second-order valence-electron chi connectivity index (χ2n) is 6.33. The minimum absolute atomic E-state index is 0.122. The Labute approximate surface area is 141 Å². The molecule has 124 valence electrons. The molecular weight excluding hydrogens is 308 g/mol. The van der Waals surface area contributed by atoms with Gasteiger partial charge in [-0.2, -0.15) is 0 Å². The number of thiazole rings is 1. The number of methoxy groups -OCH3 is 1. The quantitative estimate of drug-likeness (QED) is 0.880. The number of benzene rings is 1. The molecule has 1 fully saturated rings. The van der Waals surface area contributed by atoms with E-state index < -0.39 is 0 Å². The van der Waals surface area contributed by atoms with Gasteiger partial charge in [-0.25, -0.2) is 4.98 Å². The molecule has 4 nitrogen and oxygen atoms in total. The standard InChI is InChI=1S/C18H24N2O2S/c1-20(10-14-4-3-5-17(14)21)11-15-12-23-18(19-15)13-6-8-16(22-2)9-7-13/h6-9,12,14,17,21H,3-5,10-11H2,1-2H3. The van der Waals surface area contributed by atoms with E-state index in [2.05, 4.69) is 17.3 Å². The molecule has 1 heterocycles. The zero-order valence-electron chi connectivity index (χ0n) is 13.7. The lowest BCUT2D eigenvalue weighted by molar-refractivity contribution is 0.107. The molecule has 1 aliphatic rings. The van der Waals surface area contributed by atoms with Crippen molar-refractivity contribution in [3.63, 3.8) is 0 Å². The van der Waals surface area contributed by atoms with E-state index in [1.54, 1.807) is 18.4 Å². The smallest absolute Gasteiger partial charge is 0.123 e. The summed E-state index contributed by atoms with van der Waals surface area (Å²) >= 11 is 1.67. The third kappa shape index (κ3) is 4.10. The Morgan fingerprint density at radius 2 is 2.09 bits per heavy atom. The zero-order valence-corrected chi connectivity index (χ0v) is 14.6. The highest BCUT2D eigenvalue weighted by atomic mass is 32.1. The highest BCUT2D eigenvalue weighted by Crippen LogP contribution is 2.28. The number of hydrogen-bond donors (Lipinski definition) is 1. The summed E-state index contributed by atoms with van der Waals surface area (Å²) < 4.78 is 5.19. The molecule has 2 unspecified atom stereocenters. The van der Waals surface area contributed by atoms with Crippen LogP contribution in [0.2, 0.25) is 0 Å². The van der Waals surface area contributed by atoms with Gasteiger partial charge in [-0.1, -0.05) is 6.42 Å². The fourth-order valence-corrected chi connectivity index (χ4v) is 4.03. The summed E-state index contributed by atoms with van der Waals surface area (Å²) in [5.74, 6) is 1.28. The van der Waals surface area contributed by atoms with Gasteiger partial charge in [0.2, 0.25) is 0 Å². The van der Waals surface area contributed by atoms with Crippen LogP contribution < -0.4 is 4.74 Å². The van der Waals surface area contributed by atoms with Gasteiger partial charge in [-0.3, -0.25) is 0 Å². The Morgan fingerprint density at radius 3 is 2.74 bits per heavy atom. The van der Waals surface area contributed by atoms with Gasteiger partial charge in [0, 0.05) is 24.0 Å². The summed E-state index contributed by atoms with van der Waals surface area (Å²) in [7, 11) is 3.78. The highest BCUT2D eigenvalue weighted by Gasteiger charge is 2.26. The maximum Gasteiger partial charge on any atom is 0.123 e. The zero-order chi connectivity index (χ0) is 16.2. The molecular formula is C18H24N2O2S. The first-order valence-corrected chi connectivity index (χ1v) is 8.99. The van der Waals surface area contributed by atoms with Crippen LogP contribution in [0.4, 0.5) is 0 Å². The van der Waals surface area contributed by atoms with Gasteiger partial charge >= 0.3 is 0 Å². The normalized spacial score (nSPS) is 21.0. The van der Waals surface area contributed by atoms with Crippen LogP contribution in [0.25, 0.3) is 10.6 Å². The number of hydrogen-bond acceptors (Lipinski definition) is 5. The van der Waals surface area contributed by atoms with Crippen molar-refractivity contribution >= 4 is 11.3 Å². The molecule has 0 radical (unpaired) electrons. The molecule has 1 N–H and O–H groups in total. The first-order chi connectivity index (χ1) is 11.2. The van der Waals surface area contributed by atoms with Crippen LogP contribution in [0.5, 0.6) is 5.75 Å². The molecule has 0 saturated heterocycles. The van der Waals surface area contributed by atoms with Crippen molar-refractivity contribution in [2.75, 3.05) is 20.7 Å². The summed E-state index contributed by atoms with van der Waals surface area (Å²) in [6.07, 6.45) is 3.12. The molecule has 2 aromatic rings. The molecule has 0 bridgehead atoms. The van der Waals surface area contributed by atoms with Gasteiger partial charge in [0.15, 0.2) is 0 Å². The van der Waals surface area contributed by atoms with Crippen molar-refractivity contribution in [3.05, 3.63) is 35.3 Å². The minimum atomic E-state index is -0.122. The summed E-state index contributed by atoms with van der Waals surface area (Å²) in [4.78, 5) is 7.01. The van der Waals surface area contributed by atoms with E-state index in [4.69, 9.17) is 9.72 Å². The van der Waals surface area contributed by atoms with Crippen LogP contribution in [-0.4, -0.2) is 41.8 Å². The molecule has 5 heteroatoms. The molecule has 3 rings (SSSR count). The van der Waals surface area contributed by atoms with E-state index in [9.17, 15) is 5.11 Å². The lowest BCUT2D eigenvalue weighted by Gasteiger charge is -2.22. The first kappa shape index (κ1) is 16.4. The van der Waals surface area contributed by atoms with Gasteiger partial charge in [0.05, 0.1) is 18.9 Å². The largest absolute Gasteiger partial charge is 0.497 e. The molecule has 1 saturated carbocycles. The van der Waals surface area contributed by atoms with E-state index in [-0.39, 0.29) is 6.10 Å². The average Bonchev–Trinajstić information content (AvgIpc) is 3.17. The maximum atomic E-state index is 9.95. The molecule has 0 spiro atoms. The van der Waals surface area contributed by atoms with Crippen molar-refractivity contribution in [2.45, 2.75) is 31.9 Å². The number of aromatic nitrogens is 1. The van der Waals surface area contributed by atoms with Crippen LogP contribution in [0, 0.1) is 5.92 Å². The van der Waals surface area contributed by atoms with Gasteiger partial charge in [-0.15, -0.1) is 11.3 Å². The summed E-state index contributed by atoms with van der Waals surface area (Å²) in [5, 5.41) is 13.1. The third-order valence-electron chi connectivity index (χ3n) is 4.49. The van der Waals surface area contributed by atoms with Gasteiger partial charge in [0.25, 0.3) is 0 Å². The molecule has 23 heavy (non-hydrogen) atoms. The van der Waals surface area contributed by atoms with Gasteiger partial charge < -0.3 is 14.7 Å². The predicted molar refractivity (Wildman–Crippen MR) is 93.8 cm³/mol. The highest BCUT2D eigenvalue weighted by molar-refractivity contribution is 7.13. The lowest BCUT2D eigenvalue weighted by Crippen LogP contribution is -2.29. The Bertz CT molecular complexity index is 626. The van der Waals surface area contributed by atoms with E-state index in [1.807, 2.05) is 24.3 Å². The number of rotatable bonds is 6. The van der Waals surface area contributed by atoms with Crippen LogP contribution in [-0.2, 0) is 6.54 Å². The molecule has 1 aromatic heterocycles. The Kier molecular flexibility index (Phi) is 5.30. The van der Waals surface area contributed by atoms with E-state index in [0.717, 1.165) is 54.4 Å². The molecule has 1 aromatic carbocycles. The van der Waals surface area contributed by atoms with Crippen molar-refractivity contribution in [2.24, 2.45) is 5.92 Å². The maximum absolute atomic E-state index is 9.95. The minimum Gasteiger partial charge on any atom is -0.497 e. The van der Waals surface area contributed by atoms with E-state index in [1.165, 1.54) is 0 Å². The van der Waals surface area contributed by atoms with Crippen molar-refractivity contribution < 1.29 is 9.84 Å².